The van der Waals surface area contributed by atoms with Crippen molar-refractivity contribution in [2.45, 2.75) is 13.8 Å². The van der Waals surface area contributed by atoms with Crippen LogP contribution in [0.25, 0.3) is 0 Å². The molecule has 0 aliphatic heterocycles. The van der Waals surface area contributed by atoms with Crippen LogP contribution < -0.4 is 4.90 Å². The molecule has 0 bridgehead atoms. The van der Waals surface area contributed by atoms with Crippen molar-refractivity contribution < 1.29 is 23.9 Å². The van der Waals surface area contributed by atoms with Crippen LogP contribution in [0.1, 0.15) is 21.7 Å². The first-order valence-electron chi connectivity index (χ1n) is 7.29. The molecule has 8 heteroatoms. The van der Waals surface area contributed by atoms with E-state index in [1.165, 1.54) is 12.3 Å². The van der Waals surface area contributed by atoms with E-state index in [9.17, 15) is 14.4 Å². The SMILES string of the molecule is Cc1ccc(Cl)c(C)c1N(CC(=O)O)C(=O)CSC(=O)c1ccco1. The van der Waals surface area contributed by atoms with Gasteiger partial charge in [-0.25, -0.2) is 0 Å². The van der Waals surface area contributed by atoms with Gasteiger partial charge in [-0.15, -0.1) is 0 Å². The lowest BCUT2D eigenvalue weighted by Crippen LogP contribution is -2.38. The van der Waals surface area contributed by atoms with Gasteiger partial charge in [0, 0.05) is 5.02 Å². The zero-order chi connectivity index (χ0) is 18.6. The topological polar surface area (TPSA) is 87.8 Å². The molecule has 0 atom stereocenters. The third-order valence-corrected chi connectivity index (χ3v) is 4.74. The Morgan fingerprint density at radius 2 is 1.96 bits per heavy atom. The number of amides is 1. The van der Waals surface area contributed by atoms with E-state index in [4.69, 9.17) is 21.1 Å². The second-order valence-corrected chi connectivity index (χ2v) is 6.62. The Morgan fingerprint density at radius 1 is 1.24 bits per heavy atom. The van der Waals surface area contributed by atoms with E-state index in [1.807, 2.05) is 0 Å². The monoisotopic (exact) mass is 381 g/mol. The maximum atomic E-state index is 12.6. The largest absolute Gasteiger partial charge is 0.480 e. The molecule has 1 heterocycles. The first-order chi connectivity index (χ1) is 11.8. The predicted molar refractivity (Wildman–Crippen MR) is 96.4 cm³/mol. The van der Waals surface area contributed by atoms with Gasteiger partial charge in [0.15, 0.2) is 5.76 Å². The number of nitrogens with zero attached hydrogens (tertiary/aromatic N) is 1. The van der Waals surface area contributed by atoms with Crippen molar-refractivity contribution in [3.8, 4) is 0 Å². The lowest BCUT2D eigenvalue weighted by atomic mass is 10.1. The van der Waals surface area contributed by atoms with Gasteiger partial charge in [-0.3, -0.25) is 19.3 Å². The van der Waals surface area contributed by atoms with Crippen LogP contribution in [0, 0.1) is 13.8 Å². The number of anilines is 1. The van der Waals surface area contributed by atoms with Crippen LogP contribution >= 0.6 is 23.4 Å². The van der Waals surface area contributed by atoms with E-state index >= 15 is 0 Å². The molecule has 0 fully saturated rings. The first kappa shape index (κ1) is 19.1. The number of aryl methyl sites for hydroxylation is 1. The molecular formula is C17H16ClNO5S. The molecule has 6 nitrogen and oxygen atoms in total. The highest BCUT2D eigenvalue weighted by atomic mass is 35.5. The minimum absolute atomic E-state index is 0.137. The van der Waals surface area contributed by atoms with Crippen LogP contribution in [0.5, 0.6) is 0 Å². The fourth-order valence-corrected chi connectivity index (χ4v) is 3.15. The van der Waals surface area contributed by atoms with Crippen LogP contribution in [0.2, 0.25) is 5.02 Å². The summed E-state index contributed by atoms with van der Waals surface area (Å²) in [5, 5.41) is 9.20. The molecule has 2 aromatic rings. The number of carbonyl (C=O) groups excluding carboxylic acids is 2. The number of rotatable bonds is 6. The fraction of sp³-hybridized carbons (Fsp3) is 0.235. The number of carboxylic acids is 1. The molecule has 1 aromatic heterocycles. The second-order valence-electron chi connectivity index (χ2n) is 5.26. The summed E-state index contributed by atoms with van der Waals surface area (Å²) in [5.74, 6) is -1.73. The molecule has 0 saturated heterocycles. The number of aliphatic carboxylic acids is 1. The molecule has 25 heavy (non-hydrogen) atoms. The molecule has 1 amide bonds. The number of benzene rings is 1. The average Bonchev–Trinajstić information content (AvgIpc) is 3.09. The second kappa shape index (κ2) is 8.22. The van der Waals surface area contributed by atoms with Crippen LogP contribution in [0.4, 0.5) is 5.69 Å². The highest BCUT2D eigenvalue weighted by Gasteiger charge is 2.24. The normalized spacial score (nSPS) is 10.5. The molecular weight excluding hydrogens is 366 g/mol. The van der Waals surface area contributed by atoms with Crippen molar-refractivity contribution >= 4 is 46.0 Å². The summed E-state index contributed by atoms with van der Waals surface area (Å²) in [5.41, 5.74) is 1.78. The predicted octanol–water partition coefficient (Wildman–Crippen LogP) is 3.54. The zero-order valence-corrected chi connectivity index (χ0v) is 15.2. The Morgan fingerprint density at radius 3 is 2.56 bits per heavy atom. The number of halogens is 1. The number of furan rings is 1. The lowest BCUT2D eigenvalue weighted by Gasteiger charge is -2.25. The Bertz CT molecular complexity index is 804. The molecule has 1 aromatic carbocycles. The third kappa shape index (κ3) is 4.64. The van der Waals surface area contributed by atoms with Crippen molar-refractivity contribution in [2.75, 3.05) is 17.2 Å². The van der Waals surface area contributed by atoms with E-state index in [0.29, 0.717) is 16.3 Å². The number of hydrogen-bond acceptors (Lipinski definition) is 5. The van der Waals surface area contributed by atoms with Gasteiger partial charge >= 0.3 is 5.97 Å². The number of carboxylic acid groups (broad SMARTS) is 1. The lowest BCUT2D eigenvalue weighted by molar-refractivity contribution is -0.136. The maximum Gasteiger partial charge on any atom is 0.323 e. The summed E-state index contributed by atoms with van der Waals surface area (Å²) < 4.78 is 4.98. The molecule has 0 spiro atoms. The minimum atomic E-state index is -1.16. The van der Waals surface area contributed by atoms with Crippen LogP contribution in [0.15, 0.2) is 34.9 Å². The summed E-state index contributed by atoms with van der Waals surface area (Å²) >= 11 is 6.87. The van der Waals surface area contributed by atoms with Crippen molar-refractivity contribution in [3.63, 3.8) is 0 Å². The molecule has 0 aliphatic carbocycles. The molecule has 2 rings (SSSR count). The van der Waals surface area contributed by atoms with E-state index < -0.39 is 23.5 Å². The maximum absolute atomic E-state index is 12.6. The van der Waals surface area contributed by atoms with Gasteiger partial charge in [-0.2, -0.15) is 0 Å². The quantitative estimate of drug-likeness (QED) is 0.823. The molecule has 0 saturated carbocycles. The summed E-state index contributed by atoms with van der Waals surface area (Å²) in [6, 6.07) is 6.48. The smallest absolute Gasteiger partial charge is 0.323 e. The van der Waals surface area contributed by atoms with Crippen LogP contribution in [-0.4, -0.2) is 34.4 Å². The van der Waals surface area contributed by atoms with Crippen molar-refractivity contribution in [2.24, 2.45) is 0 Å². The van der Waals surface area contributed by atoms with Gasteiger partial charge in [-0.05, 0) is 43.2 Å². The highest BCUT2D eigenvalue weighted by molar-refractivity contribution is 8.14. The highest BCUT2D eigenvalue weighted by Crippen LogP contribution is 2.31. The molecule has 0 unspecified atom stereocenters. The average molecular weight is 382 g/mol. The fourth-order valence-electron chi connectivity index (χ4n) is 2.32. The summed E-state index contributed by atoms with van der Waals surface area (Å²) in [7, 11) is 0. The van der Waals surface area contributed by atoms with Gasteiger partial charge in [0.25, 0.3) is 5.12 Å². The van der Waals surface area contributed by atoms with E-state index in [0.717, 1.165) is 22.2 Å². The summed E-state index contributed by atoms with van der Waals surface area (Å²) in [6.07, 6.45) is 1.37. The van der Waals surface area contributed by atoms with Gasteiger partial charge in [0.05, 0.1) is 17.7 Å². The number of hydrogen-bond donors (Lipinski definition) is 1. The molecule has 0 radical (unpaired) electrons. The van der Waals surface area contributed by atoms with Crippen molar-refractivity contribution in [3.05, 3.63) is 52.4 Å². The van der Waals surface area contributed by atoms with Crippen LogP contribution in [-0.2, 0) is 9.59 Å². The first-order valence-corrected chi connectivity index (χ1v) is 8.66. The third-order valence-electron chi connectivity index (χ3n) is 3.48. The number of thioether (sulfide) groups is 1. The van der Waals surface area contributed by atoms with Gasteiger partial charge < -0.3 is 9.52 Å². The standard InChI is InChI=1S/C17H16ClNO5S/c1-10-5-6-12(18)11(2)16(10)19(8-15(21)22)14(20)9-25-17(23)13-4-3-7-24-13/h3-7H,8-9H2,1-2H3,(H,21,22). The van der Waals surface area contributed by atoms with E-state index in [1.54, 1.807) is 32.0 Å². The molecule has 1 N–H and O–H groups in total. The number of carbonyl (C=O) groups is 3. The summed E-state index contributed by atoms with van der Waals surface area (Å²) in [4.78, 5) is 36.9. The van der Waals surface area contributed by atoms with E-state index in [2.05, 4.69) is 0 Å². The van der Waals surface area contributed by atoms with Gasteiger partial charge in [-0.1, -0.05) is 29.4 Å². The zero-order valence-electron chi connectivity index (χ0n) is 13.6. The Kier molecular flexibility index (Phi) is 6.27. The Balaban J connectivity index is 2.23. The Labute approximate surface area is 153 Å². The molecule has 0 aliphatic rings. The van der Waals surface area contributed by atoms with Gasteiger partial charge in [0.1, 0.15) is 6.54 Å². The van der Waals surface area contributed by atoms with Crippen LogP contribution in [0.3, 0.4) is 0 Å². The minimum Gasteiger partial charge on any atom is -0.480 e. The molecule has 132 valence electrons. The Hall–Kier alpha value is -2.25. The van der Waals surface area contributed by atoms with Crippen molar-refractivity contribution in [1.82, 2.24) is 0 Å². The summed E-state index contributed by atoms with van der Waals surface area (Å²) in [6.45, 7) is 2.96. The van der Waals surface area contributed by atoms with Crippen molar-refractivity contribution in [1.29, 1.82) is 0 Å². The van der Waals surface area contributed by atoms with Gasteiger partial charge in [0.2, 0.25) is 5.91 Å². The van der Waals surface area contributed by atoms with E-state index in [-0.39, 0.29) is 11.5 Å².